The van der Waals surface area contributed by atoms with Crippen LogP contribution in [0.2, 0.25) is 0 Å². The minimum absolute atomic E-state index is 0.123. The number of benzene rings is 2. The van der Waals surface area contributed by atoms with Crippen molar-refractivity contribution in [2.24, 2.45) is 5.10 Å². The number of nitrogens with one attached hydrogen (secondary N) is 3. The Bertz CT molecular complexity index is 913. The number of anilines is 1. The van der Waals surface area contributed by atoms with Crippen molar-refractivity contribution in [1.82, 2.24) is 10.7 Å². The van der Waals surface area contributed by atoms with Crippen molar-refractivity contribution in [2.75, 3.05) is 19.0 Å². The first-order chi connectivity index (χ1) is 13.8. The summed E-state index contributed by atoms with van der Waals surface area (Å²) in [5, 5.41) is 8.77. The number of likely N-dealkylation sites (N-methyl/N-ethyl adjacent to an activating group) is 1. The maximum Gasteiger partial charge on any atom is 0.329 e. The first-order valence-corrected chi connectivity index (χ1v) is 8.96. The van der Waals surface area contributed by atoms with Crippen LogP contribution in [0.15, 0.2) is 41.5 Å². The van der Waals surface area contributed by atoms with Gasteiger partial charge in [-0.1, -0.05) is 17.7 Å². The highest BCUT2D eigenvalue weighted by atomic mass is 16.5. The minimum atomic E-state index is -0.853. The van der Waals surface area contributed by atoms with Crippen molar-refractivity contribution in [3.63, 3.8) is 0 Å². The lowest BCUT2D eigenvalue weighted by molar-refractivity contribution is -0.138. The molecule has 3 N–H and O–H groups in total. The van der Waals surface area contributed by atoms with Gasteiger partial charge in [-0.25, -0.2) is 5.43 Å². The normalized spacial score (nSPS) is 10.5. The Morgan fingerprint density at radius 1 is 1.00 bits per heavy atom. The zero-order valence-electron chi connectivity index (χ0n) is 16.8. The number of rotatable bonds is 6. The Morgan fingerprint density at radius 3 is 2.21 bits per heavy atom. The lowest BCUT2D eigenvalue weighted by Gasteiger charge is -2.13. The maximum absolute atomic E-state index is 12.2. The predicted octanol–water partition coefficient (Wildman–Crippen LogP) is 1.83. The van der Waals surface area contributed by atoms with E-state index in [-0.39, 0.29) is 12.5 Å². The Morgan fingerprint density at radius 2 is 1.62 bits per heavy atom. The minimum Gasteiger partial charge on any atom is -0.484 e. The van der Waals surface area contributed by atoms with Gasteiger partial charge in [0.15, 0.2) is 6.61 Å². The predicted molar refractivity (Wildman–Crippen MR) is 111 cm³/mol. The molecule has 152 valence electrons. The number of hydrogen-bond acceptors (Lipinski definition) is 5. The van der Waals surface area contributed by atoms with Gasteiger partial charge in [-0.15, -0.1) is 0 Å². The Hall–Kier alpha value is -3.68. The molecule has 3 amide bonds. The first-order valence-electron chi connectivity index (χ1n) is 8.96. The van der Waals surface area contributed by atoms with Crippen molar-refractivity contribution >= 4 is 29.6 Å². The maximum atomic E-state index is 12.2. The number of carbonyl (C=O) groups is 3. The number of carbonyl (C=O) groups excluding carboxylic acids is 3. The van der Waals surface area contributed by atoms with E-state index in [4.69, 9.17) is 4.74 Å². The average Bonchev–Trinajstić information content (AvgIpc) is 2.69. The van der Waals surface area contributed by atoms with Gasteiger partial charge in [0, 0.05) is 12.7 Å². The van der Waals surface area contributed by atoms with E-state index >= 15 is 0 Å². The molecule has 0 saturated heterocycles. The van der Waals surface area contributed by atoms with E-state index in [9.17, 15) is 14.4 Å². The van der Waals surface area contributed by atoms with Crippen LogP contribution in [-0.2, 0) is 14.4 Å². The Kier molecular flexibility index (Phi) is 7.47. The third-order valence-corrected chi connectivity index (χ3v) is 4.00. The summed E-state index contributed by atoms with van der Waals surface area (Å²) in [6.45, 7) is 5.79. The van der Waals surface area contributed by atoms with E-state index in [0.29, 0.717) is 11.3 Å². The monoisotopic (exact) mass is 396 g/mol. The number of ether oxygens (including phenoxy) is 1. The van der Waals surface area contributed by atoms with Crippen LogP contribution in [0.3, 0.4) is 0 Å². The third kappa shape index (κ3) is 6.46. The van der Waals surface area contributed by atoms with Gasteiger partial charge < -0.3 is 15.4 Å². The van der Waals surface area contributed by atoms with Gasteiger partial charge in [0.2, 0.25) is 0 Å². The van der Waals surface area contributed by atoms with Crippen LogP contribution in [0, 0.1) is 20.8 Å². The molecule has 0 radical (unpaired) electrons. The molecule has 0 saturated carbocycles. The van der Waals surface area contributed by atoms with Gasteiger partial charge in [-0.3, -0.25) is 14.4 Å². The van der Waals surface area contributed by atoms with E-state index in [0.717, 1.165) is 22.4 Å². The molecule has 2 rings (SSSR count). The van der Waals surface area contributed by atoms with E-state index in [1.165, 1.54) is 13.3 Å². The molecular formula is C21H24N4O4. The quantitative estimate of drug-likeness (QED) is 0.393. The molecule has 0 bridgehead atoms. The summed E-state index contributed by atoms with van der Waals surface area (Å²) in [5.41, 5.74) is 6.74. The number of aryl methyl sites for hydroxylation is 3. The molecule has 0 aliphatic rings. The summed E-state index contributed by atoms with van der Waals surface area (Å²) >= 11 is 0. The molecule has 29 heavy (non-hydrogen) atoms. The molecule has 2 aromatic carbocycles. The smallest absolute Gasteiger partial charge is 0.329 e. The van der Waals surface area contributed by atoms with E-state index < -0.39 is 11.8 Å². The van der Waals surface area contributed by atoms with E-state index in [1.807, 2.05) is 32.9 Å². The summed E-state index contributed by atoms with van der Waals surface area (Å²) < 4.78 is 5.51. The SMILES string of the molecule is CNC(=O)C(=O)N/N=C\c1ccc(OCC(=O)Nc2c(C)cc(C)cc2C)cc1. The van der Waals surface area contributed by atoms with Gasteiger partial charge >= 0.3 is 11.8 Å². The van der Waals surface area contributed by atoms with Crippen LogP contribution in [0.4, 0.5) is 5.69 Å². The molecule has 0 heterocycles. The van der Waals surface area contributed by atoms with Crippen LogP contribution in [0.1, 0.15) is 22.3 Å². The summed E-state index contributed by atoms with van der Waals surface area (Å²) in [4.78, 5) is 34.5. The number of hydrazone groups is 1. The number of amides is 3. The summed E-state index contributed by atoms with van der Waals surface area (Å²) in [7, 11) is 1.35. The van der Waals surface area contributed by atoms with Gasteiger partial charge in [-0.05, 0) is 61.7 Å². The molecule has 2 aromatic rings. The van der Waals surface area contributed by atoms with Crippen molar-refractivity contribution in [1.29, 1.82) is 0 Å². The van der Waals surface area contributed by atoms with Crippen molar-refractivity contribution in [3.05, 3.63) is 58.7 Å². The second-order valence-corrected chi connectivity index (χ2v) is 6.46. The molecule has 8 heteroatoms. The lowest BCUT2D eigenvalue weighted by Crippen LogP contribution is -2.35. The van der Waals surface area contributed by atoms with Gasteiger partial charge in [0.05, 0.1) is 6.21 Å². The second kappa shape index (κ2) is 10.0. The molecule has 0 unspecified atom stereocenters. The molecule has 8 nitrogen and oxygen atoms in total. The molecule has 0 spiro atoms. The molecule has 0 aliphatic carbocycles. The summed E-state index contributed by atoms with van der Waals surface area (Å²) in [6, 6.07) is 10.8. The van der Waals surface area contributed by atoms with Crippen molar-refractivity contribution in [3.8, 4) is 5.75 Å². The fourth-order valence-corrected chi connectivity index (χ4v) is 2.68. The highest BCUT2D eigenvalue weighted by Gasteiger charge is 2.10. The molecule has 0 aliphatic heterocycles. The lowest BCUT2D eigenvalue weighted by atomic mass is 10.1. The molecular weight excluding hydrogens is 372 g/mol. The van der Waals surface area contributed by atoms with Gasteiger partial charge in [-0.2, -0.15) is 5.10 Å². The summed E-state index contributed by atoms with van der Waals surface area (Å²) in [5.74, 6) is -1.36. The summed E-state index contributed by atoms with van der Waals surface area (Å²) in [6.07, 6.45) is 1.39. The van der Waals surface area contributed by atoms with Crippen molar-refractivity contribution in [2.45, 2.75) is 20.8 Å². The van der Waals surface area contributed by atoms with Crippen LogP contribution >= 0.6 is 0 Å². The Labute approximate surface area is 169 Å². The fourth-order valence-electron chi connectivity index (χ4n) is 2.68. The van der Waals surface area contributed by atoms with E-state index in [1.54, 1.807) is 24.3 Å². The van der Waals surface area contributed by atoms with Crippen LogP contribution in [0.5, 0.6) is 5.75 Å². The molecule has 0 fully saturated rings. The third-order valence-electron chi connectivity index (χ3n) is 4.00. The highest BCUT2D eigenvalue weighted by molar-refractivity contribution is 6.35. The second-order valence-electron chi connectivity index (χ2n) is 6.46. The zero-order chi connectivity index (χ0) is 21.4. The highest BCUT2D eigenvalue weighted by Crippen LogP contribution is 2.22. The largest absolute Gasteiger partial charge is 0.484 e. The number of nitrogens with zero attached hydrogens (tertiary/aromatic N) is 1. The van der Waals surface area contributed by atoms with Crippen LogP contribution in [0.25, 0.3) is 0 Å². The van der Waals surface area contributed by atoms with Gasteiger partial charge in [0.25, 0.3) is 5.91 Å². The molecule has 0 atom stereocenters. The van der Waals surface area contributed by atoms with Crippen molar-refractivity contribution < 1.29 is 19.1 Å². The standard InChI is InChI=1S/C21H24N4O4/c1-13-9-14(2)19(15(3)10-13)24-18(26)12-29-17-7-5-16(6-8-17)11-23-25-21(28)20(27)22-4/h5-11H,12H2,1-4H3,(H,22,27)(H,24,26)(H,25,28)/b23-11-. The van der Waals surface area contributed by atoms with Gasteiger partial charge in [0.1, 0.15) is 5.75 Å². The van der Waals surface area contributed by atoms with Crippen LogP contribution < -0.4 is 20.8 Å². The fraction of sp³-hybridized carbons (Fsp3) is 0.238. The number of hydrogen-bond donors (Lipinski definition) is 3. The van der Waals surface area contributed by atoms with E-state index in [2.05, 4.69) is 21.2 Å². The first kappa shape index (κ1) is 21.6. The average molecular weight is 396 g/mol. The topological polar surface area (TPSA) is 109 Å². The molecule has 0 aromatic heterocycles. The zero-order valence-corrected chi connectivity index (χ0v) is 16.8. The Balaban J connectivity index is 1.86. The van der Waals surface area contributed by atoms with Crippen LogP contribution in [-0.4, -0.2) is 37.6 Å².